The standard InChI is InChI=1S/C18H23ClN2O2S/c1-5-6-9-21-12(2)13(3)24-18(21)11-17(22)20-15-10-14(19)7-8-16(15)23-4/h7-8,10-11H,5-6,9H2,1-4H3,(H,20,22)/b18-11-. The van der Waals surface area contributed by atoms with Crippen LogP contribution in [-0.2, 0) is 4.79 Å². The first kappa shape index (κ1) is 18.7. The van der Waals surface area contributed by atoms with Crippen molar-refractivity contribution in [2.24, 2.45) is 0 Å². The molecule has 0 spiro atoms. The Morgan fingerprint density at radius 2 is 2.17 bits per heavy atom. The molecule has 0 saturated heterocycles. The predicted octanol–water partition coefficient (Wildman–Crippen LogP) is 5.23. The van der Waals surface area contributed by atoms with Crippen molar-refractivity contribution in [2.45, 2.75) is 33.6 Å². The normalized spacial score (nSPS) is 16.0. The van der Waals surface area contributed by atoms with Gasteiger partial charge < -0.3 is 15.0 Å². The smallest absolute Gasteiger partial charge is 0.251 e. The average Bonchev–Trinajstić information content (AvgIpc) is 2.79. The van der Waals surface area contributed by atoms with Crippen LogP contribution in [0.15, 0.2) is 39.9 Å². The van der Waals surface area contributed by atoms with Crippen molar-refractivity contribution >= 4 is 35.0 Å². The van der Waals surface area contributed by atoms with E-state index in [1.807, 2.05) is 0 Å². The maximum absolute atomic E-state index is 12.4. The summed E-state index contributed by atoms with van der Waals surface area (Å²) in [5, 5.41) is 4.36. The molecule has 0 radical (unpaired) electrons. The Morgan fingerprint density at radius 3 is 2.83 bits per heavy atom. The molecule has 0 unspecified atom stereocenters. The number of halogens is 1. The van der Waals surface area contributed by atoms with Crippen LogP contribution in [0.25, 0.3) is 0 Å². The van der Waals surface area contributed by atoms with E-state index in [1.165, 1.54) is 10.6 Å². The lowest BCUT2D eigenvalue weighted by atomic mass is 10.2. The third-order valence-corrected chi connectivity index (χ3v) is 5.23. The largest absolute Gasteiger partial charge is 0.495 e. The van der Waals surface area contributed by atoms with Crippen molar-refractivity contribution in [1.29, 1.82) is 0 Å². The summed E-state index contributed by atoms with van der Waals surface area (Å²) in [6, 6.07) is 5.14. The highest BCUT2D eigenvalue weighted by Crippen LogP contribution is 2.40. The predicted molar refractivity (Wildman–Crippen MR) is 102 cm³/mol. The van der Waals surface area contributed by atoms with Crippen molar-refractivity contribution < 1.29 is 9.53 Å². The highest BCUT2D eigenvalue weighted by molar-refractivity contribution is 8.06. The second-order valence-electron chi connectivity index (χ2n) is 5.57. The monoisotopic (exact) mass is 366 g/mol. The molecule has 1 aromatic carbocycles. The number of hydrogen-bond donors (Lipinski definition) is 1. The topological polar surface area (TPSA) is 41.6 Å². The molecule has 0 aliphatic carbocycles. The number of benzene rings is 1. The van der Waals surface area contributed by atoms with Crippen LogP contribution in [-0.4, -0.2) is 24.5 Å². The van der Waals surface area contributed by atoms with Gasteiger partial charge in [-0.05, 0) is 38.5 Å². The highest BCUT2D eigenvalue weighted by atomic mass is 35.5. The third kappa shape index (κ3) is 4.48. The molecule has 0 atom stereocenters. The summed E-state index contributed by atoms with van der Waals surface area (Å²) in [7, 11) is 1.56. The van der Waals surface area contributed by atoms with Crippen LogP contribution in [0, 0.1) is 0 Å². The number of hydrogen-bond acceptors (Lipinski definition) is 4. The summed E-state index contributed by atoms with van der Waals surface area (Å²) >= 11 is 7.64. The summed E-state index contributed by atoms with van der Waals surface area (Å²) < 4.78 is 5.26. The number of allylic oxidation sites excluding steroid dienone is 2. The van der Waals surface area contributed by atoms with Crippen LogP contribution in [0.4, 0.5) is 5.69 Å². The first-order chi connectivity index (χ1) is 11.5. The van der Waals surface area contributed by atoms with E-state index in [-0.39, 0.29) is 5.91 Å². The minimum Gasteiger partial charge on any atom is -0.495 e. The van der Waals surface area contributed by atoms with E-state index in [1.54, 1.807) is 43.1 Å². The number of amides is 1. The second kappa shape index (κ2) is 8.49. The summed E-state index contributed by atoms with van der Waals surface area (Å²) in [5.74, 6) is 0.389. The van der Waals surface area contributed by atoms with Gasteiger partial charge in [0, 0.05) is 28.2 Å². The van der Waals surface area contributed by atoms with E-state index in [2.05, 4.69) is 31.0 Å². The van der Waals surface area contributed by atoms with E-state index in [0.29, 0.717) is 16.5 Å². The van der Waals surface area contributed by atoms with Gasteiger partial charge in [0.15, 0.2) is 0 Å². The molecule has 0 fully saturated rings. The first-order valence-electron chi connectivity index (χ1n) is 7.95. The summed E-state index contributed by atoms with van der Waals surface area (Å²) in [4.78, 5) is 15.9. The van der Waals surface area contributed by atoms with Gasteiger partial charge in [-0.25, -0.2) is 0 Å². The number of carbonyl (C=O) groups is 1. The Morgan fingerprint density at radius 1 is 1.42 bits per heavy atom. The van der Waals surface area contributed by atoms with Gasteiger partial charge in [-0.2, -0.15) is 0 Å². The van der Waals surface area contributed by atoms with Crippen molar-refractivity contribution in [1.82, 2.24) is 4.90 Å². The van der Waals surface area contributed by atoms with Gasteiger partial charge in [-0.3, -0.25) is 4.79 Å². The summed E-state index contributed by atoms with van der Waals surface area (Å²) in [6.45, 7) is 7.26. The molecule has 0 bridgehead atoms. The molecule has 6 heteroatoms. The zero-order valence-electron chi connectivity index (χ0n) is 14.5. The molecule has 1 aliphatic heterocycles. The van der Waals surface area contributed by atoms with E-state index in [0.717, 1.165) is 24.4 Å². The van der Waals surface area contributed by atoms with Gasteiger partial charge in [-0.15, -0.1) is 0 Å². The SMILES string of the molecule is CCCCN1C(C)=C(C)S/C1=C\C(=O)Nc1cc(Cl)ccc1OC. The number of thioether (sulfide) groups is 1. The number of nitrogens with one attached hydrogen (secondary N) is 1. The van der Waals surface area contributed by atoms with Crippen molar-refractivity contribution in [3.63, 3.8) is 0 Å². The molecule has 130 valence electrons. The lowest BCUT2D eigenvalue weighted by Gasteiger charge is -2.21. The highest BCUT2D eigenvalue weighted by Gasteiger charge is 2.23. The third-order valence-electron chi connectivity index (χ3n) is 3.85. The lowest BCUT2D eigenvalue weighted by Crippen LogP contribution is -2.19. The van der Waals surface area contributed by atoms with Crippen LogP contribution in [0.2, 0.25) is 5.02 Å². The molecule has 1 aliphatic rings. The first-order valence-corrected chi connectivity index (χ1v) is 9.14. The number of ether oxygens (including phenoxy) is 1. The van der Waals surface area contributed by atoms with Gasteiger partial charge in [0.25, 0.3) is 5.91 Å². The molecule has 0 saturated carbocycles. The van der Waals surface area contributed by atoms with Gasteiger partial charge >= 0.3 is 0 Å². The maximum atomic E-state index is 12.4. The van der Waals surface area contributed by atoms with Gasteiger partial charge in [-0.1, -0.05) is 36.7 Å². The number of rotatable bonds is 6. The fraction of sp³-hybridized carbons (Fsp3) is 0.389. The number of methoxy groups -OCH3 is 1. The maximum Gasteiger partial charge on any atom is 0.251 e. The Hall–Kier alpha value is -1.59. The Balaban J connectivity index is 2.16. The van der Waals surface area contributed by atoms with Crippen LogP contribution >= 0.6 is 23.4 Å². The molecule has 1 heterocycles. The lowest BCUT2D eigenvalue weighted by molar-refractivity contribution is -0.112. The van der Waals surface area contributed by atoms with E-state index in [4.69, 9.17) is 16.3 Å². The van der Waals surface area contributed by atoms with Crippen molar-refractivity contribution in [2.75, 3.05) is 19.0 Å². The molecular weight excluding hydrogens is 344 g/mol. The van der Waals surface area contributed by atoms with E-state index in [9.17, 15) is 4.79 Å². The van der Waals surface area contributed by atoms with Crippen molar-refractivity contribution in [3.8, 4) is 5.75 Å². The zero-order valence-corrected chi connectivity index (χ0v) is 16.1. The summed E-state index contributed by atoms with van der Waals surface area (Å²) in [6.07, 6.45) is 3.85. The Kier molecular flexibility index (Phi) is 6.63. The van der Waals surface area contributed by atoms with Gasteiger partial charge in [0.1, 0.15) is 5.75 Å². The van der Waals surface area contributed by atoms with Gasteiger partial charge in [0.05, 0.1) is 17.8 Å². The molecular formula is C18H23ClN2O2S. The zero-order chi connectivity index (χ0) is 17.7. The molecule has 1 amide bonds. The molecule has 0 aromatic heterocycles. The fourth-order valence-corrected chi connectivity index (χ4v) is 3.65. The van der Waals surface area contributed by atoms with Gasteiger partial charge in [0.2, 0.25) is 0 Å². The average molecular weight is 367 g/mol. The number of unbranched alkanes of at least 4 members (excludes halogenated alkanes) is 1. The summed E-state index contributed by atoms with van der Waals surface area (Å²) in [5.41, 5.74) is 1.78. The Labute approximate surface area is 152 Å². The Bertz CT molecular complexity index is 686. The molecule has 4 nitrogen and oxygen atoms in total. The van der Waals surface area contributed by atoms with Crippen LogP contribution in [0.1, 0.15) is 33.6 Å². The number of carbonyl (C=O) groups excluding carboxylic acids is 1. The number of anilines is 1. The van der Waals surface area contributed by atoms with Crippen LogP contribution in [0.3, 0.4) is 0 Å². The quantitative estimate of drug-likeness (QED) is 0.700. The molecule has 1 aromatic rings. The minimum absolute atomic E-state index is 0.193. The second-order valence-corrected chi connectivity index (χ2v) is 7.24. The van der Waals surface area contributed by atoms with E-state index < -0.39 is 0 Å². The van der Waals surface area contributed by atoms with Crippen molar-refractivity contribution in [3.05, 3.63) is 44.9 Å². The van der Waals surface area contributed by atoms with Crippen LogP contribution < -0.4 is 10.1 Å². The van der Waals surface area contributed by atoms with Crippen LogP contribution in [0.5, 0.6) is 5.75 Å². The molecule has 24 heavy (non-hydrogen) atoms. The minimum atomic E-state index is -0.193. The van der Waals surface area contributed by atoms with E-state index >= 15 is 0 Å². The number of nitrogens with zero attached hydrogens (tertiary/aromatic N) is 1. The molecule has 2 rings (SSSR count). The fourth-order valence-electron chi connectivity index (χ4n) is 2.40. The molecule has 1 N–H and O–H groups in total.